The number of benzene rings is 1. The molecule has 12 heavy (non-hydrogen) atoms. The first-order valence-corrected chi connectivity index (χ1v) is 5.97. The van der Waals surface area contributed by atoms with E-state index < -0.39 is 0 Å². The van der Waals surface area contributed by atoms with Gasteiger partial charge in [0.25, 0.3) is 0 Å². The summed E-state index contributed by atoms with van der Waals surface area (Å²) in [5, 5.41) is 1.97. The van der Waals surface area contributed by atoms with E-state index in [1.54, 1.807) is 11.3 Å². The van der Waals surface area contributed by atoms with Crippen molar-refractivity contribution in [2.24, 2.45) is 0 Å². The van der Waals surface area contributed by atoms with Gasteiger partial charge in [-0.3, -0.25) is 0 Å². The van der Waals surface area contributed by atoms with E-state index in [9.17, 15) is 0 Å². The van der Waals surface area contributed by atoms with Crippen molar-refractivity contribution in [3.05, 3.63) is 26.1 Å². The second-order valence-corrected chi connectivity index (χ2v) is 6.03. The number of rotatable bonds is 0. The molecule has 0 radical (unpaired) electrons. The maximum Gasteiger partial charge on any atom is 0.0799 e. The maximum atomic E-state index is 6.02. The molecule has 0 atom stereocenters. The molecule has 0 nitrogen and oxygen atoms in total. The molecule has 62 valence electrons. The van der Waals surface area contributed by atoms with Gasteiger partial charge in [0.1, 0.15) is 0 Å². The van der Waals surface area contributed by atoms with Crippen LogP contribution in [0.15, 0.2) is 23.1 Å². The van der Waals surface area contributed by atoms with Crippen molar-refractivity contribution in [3.63, 3.8) is 0 Å². The molecule has 4 heteroatoms. The quantitative estimate of drug-likeness (QED) is 0.537. The Morgan fingerprint density at radius 3 is 2.83 bits per heavy atom. The third-order valence-electron chi connectivity index (χ3n) is 1.60. The Balaban J connectivity index is 2.95. The summed E-state index contributed by atoms with van der Waals surface area (Å²) in [5.41, 5.74) is 0. The summed E-state index contributed by atoms with van der Waals surface area (Å²) >= 11 is 14.4. The zero-order valence-electron chi connectivity index (χ0n) is 5.84. The highest BCUT2D eigenvalue weighted by atomic mass is 127. The van der Waals surface area contributed by atoms with Crippen molar-refractivity contribution in [2.45, 2.75) is 4.90 Å². The molecule has 0 spiro atoms. The Kier molecular flexibility index (Phi) is 2.56. The molecule has 2 rings (SSSR count). The third kappa shape index (κ3) is 1.36. The number of hydrogen-bond acceptors (Lipinski definition) is 2. The summed E-state index contributed by atoms with van der Waals surface area (Å²) in [7, 11) is 0. The summed E-state index contributed by atoms with van der Waals surface area (Å²) < 4.78 is 2.33. The first-order chi connectivity index (χ1) is 5.70. The van der Waals surface area contributed by atoms with Gasteiger partial charge in [-0.25, -0.2) is 0 Å². The smallest absolute Gasteiger partial charge is 0.0799 e. The summed E-state index contributed by atoms with van der Waals surface area (Å²) in [6, 6.07) is 5.90. The van der Waals surface area contributed by atoms with Crippen LogP contribution in [0.5, 0.6) is 0 Å². The van der Waals surface area contributed by atoms with Gasteiger partial charge in [-0.1, -0.05) is 23.7 Å². The van der Waals surface area contributed by atoms with Gasteiger partial charge < -0.3 is 0 Å². The lowest BCUT2D eigenvalue weighted by Gasteiger charge is -1.91. The lowest BCUT2D eigenvalue weighted by molar-refractivity contribution is 1.63. The minimum Gasteiger partial charge on any atom is -0.141 e. The van der Waals surface area contributed by atoms with E-state index in [1.807, 2.05) is 18.2 Å². The highest BCUT2D eigenvalue weighted by Gasteiger charge is 2.08. The van der Waals surface area contributed by atoms with E-state index in [-0.39, 0.29) is 0 Å². The zero-order chi connectivity index (χ0) is 8.72. The monoisotopic (exact) mass is 326 g/mol. The van der Waals surface area contributed by atoms with Gasteiger partial charge in [0.05, 0.1) is 12.6 Å². The van der Waals surface area contributed by atoms with Crippen molar-refractivity contribution >= 4 is 68.2 Å². The Labute approximate surface area is 98.5 Å². The van der Waals surface area contributed by atoms with Gasteiger partial charge in [0.15, 0.2) is 0 Å². The van der Waals surface area contributed by atoms with Crippen LogP contribution in [-0.4, -0.2) is 0 Å². The lowest BCUT2D eigenvalue weighted by Crippen LogP contribution is -1.65. The van der Waals surface area contributed by atoms with E-state index in [0.717, 1.165) is 20.0 Å². The van der Waals surface area contributed by atoms with Gasteiger partial charge in [-0.15, -0.1) is 24.0 Å². The predicted octanol–water partition coefficient (Wildman–Crippen LogP) is 4.45. The average molecular weight is 327 g/mol. The van der Waals surface area contributed by atoms with Crippen LogP contribution >= 0.6 is 58.2 Å². The van der Waals surface area contributed by atoms with Crippen molar-refractivity contribution in [2.75, 3.05) is 0 Å². The second-order valence-electron chi connectivity index (χ2n) is 2.34. The molecule has 0 saturated heterocycles. The maximum absolute atomic E-state index is 6.02. The second kappa shape index (κ2) is 3.36. The fourth-order valence-electron chi connectivity index (χ4n) is 1.04. The average Bonchev–Trinajstić information content (AvgIpc) is 2.32. The first-order valence-electron chi connectivity index (χ1n) is 3.25. The third-order valence-corrected chi connectivity index (χ3v) is 5.30. The van der Waals surface area contributed by atoms with Crippen LogP contribution in [0.3, 0.4) is 0 Å². The topological polar surface area (TPSA) is 0 Å². The largest absolute Gasteiger partial charge is 0.141 e. The minimum atomic E-state index is 0.815. The molecule has 0 fully saturated rings. The number of fused-ring (bicyclic) bond motifs is 1. The Bertz CT molecular complexity index is 436. The molecule has 0 unspecified atom stereocenters. The lowest BCUT2D eigenvalue weighted by atomic mass is 10.3. The van der Waals surface area contributed by atoms with E-state index in [1.165, 1.54) is 2.88 Å². The van der Waals surface area contributed by atoms with Crippen LogP contribution in [0.4, 0.5) is 0 Å². The Morgan fingerprint density at radius 2 is 2.17 bits per heavy atom. The van der Waals surface area contributed by atoms with Crippen LogP contribution in [-0.2, 0) is 0 Å². The SMILES string of the molecule is Sc1c(I)sc2c(Cl)cccc12. The number of halogens is 2. The molecule has 1 heterocycles. The van der Waals surface area contributed by atoms with E-state index in [0.29, 0.717) is 0 Å². The number of thiol groups is 1. The molecule has 2 aromatic rings. The number of thiophene rings is 1. The van der Waals surface area contributed by atoms with Gasteiger partial charge in [-0.2, -0.15) is 0 Å². The minimum absolute atomic E-state index is 0.815. The van der Waals surface area contributed by atoms with E-state index in [4.69, 9.17) is 11.6 Å². The van der Waals surface area contributed by atoms with Crippen LogP contribution in [0.25, 0.3) is 10.1 Å². The number of hydrogen-bond donors (Lipinski definition) is 1. The molecule has 0 aliphatic rings. The summed E-state index contributed by atoms with van der Waals surface area (Å²) in [6.45, 7) is 0. The van der Waals surface area contributed by atoms with Gasteiger partial charge in [0, 0.05) is 10.3 Å². The molecular formula is C8H4ClIS2. The molecule has 0 aliphatic carbocycles. The molecule has 0 bridgehead atoms. The van der Waals surface area contributed by atoms with Crippen LogP contribution in [0.2, 0.25) is 5.02 Å². The van der Waals surface area contributed by atoms with Gasteiger partial charge in [0.2, 0.25) is 0 Å². The molecule has 0 aliphatic heterocycles. The fraction of sp³-hybridized carbons (Fsp3) is 0. The molecule has 0 saturated carbocycles. The van der Waals surface area contributed by atoms with Crippen molar-refractivity contribution in [3.8, 4) is 0 Å². The Morgan fingerprint density at radius 1 is 1.42 bits per heavy atom. The highest BCUT2D eigenvalue weighted by Crippen LogP contribution is 2.38. The molecule has 0 amide bonds. The Hall–Kier alpha value is 0.550. The fourth-order valence-corrected chi connectivity index (χ4v) is 3.51. The summed E-state index contributed by atoms with van der Waals surface area (Å²) in [5.74, 6) is 0. The molecule has 0 N–H and O–H groups in total. The van der Waals surface area contributed by atoms with Crippen molar-refractivity contribution in [1.82, 2.24) is 0 Å². The van der Waals surface area contributed by atoms with Crippen LogP contribution in [0, 0.1) is 2.88 Å². The normalized spacial score (nSPS) is 10.9. The summed E-state index contributed by atoms with van der Waals surface area (Å²) in [6.07, 6.45) is 0. The highest BCUT2D eigenvalue weighted by molar-refractivity contribution is 14.1. The van der Waals surface area contributed by atoms with Crippen molar-refractivity contribution < 1.29 is 0 Å². The molecular weight excluding hydrogens is 323 g/mol. The van der Waals surface area contributed by atoms with Crippen LogP contribution < -0.4 is 0 Å². The standard InChI is InChI=1S/C8H4ClIS2/c9-5-3-1-2-4-6(11)8(10)12-7(4)5/h1-3,11H. The van der Waals surface area contributed by atoms with Crippen LogP contribution in [0.1, 0.15) is 0 Å². The zero-order valence-corrected chi connectivity index (χ0v) is 10.5. The summed E-state index contributed by atoms with van der Waals surface area (Å²) in [4.78, 5) is 1.04. The molecule has 1 aromatic carbocycles. The first kappa shape index (κ1) is 9.12. The van der Waals surface area contributed by atoms with E-state index >= 15 is 0 Å². The van der Waals surface area contributed by atoms with Crippen molar-refractivity contribution in [1.29, 1.82) is 0 Å². The predicted molar refractivity (Wildman–Crippen MR) is 66.8 cm³/mol. The van der Waals surface area contributed by atoms with Gasteiger partial charge >= 0.3 is 0 Å². The van der Waals surface area contributed by atoms with Gasteiger partial charge in [-0.05, 0) is 28.7 Å². The molecule has 1 aromatic heterocycles. The van der Waals surface area contributed by atoms with E-state index in [2.05, 4.69) is 35.2 Å².